The Bertz CT molecular complexity index is 1550. The van der Waals surface area contributed by atoms with Gasteiger partial charge in [-0.25, -0.2) is 13.1 Å². The minimum absolute atomic E-state index is 0.217. The maximum absolute atomic E-state index is 13.0. The number of ether oxygens (including phenoxy) is 1. The molecule has 212 valence electrons. The number of sulfonamides is 1. The second-order valence-corrected chi connectivity index (χ2v) is 13.2. The number of thiophene rings is 1. The summed E-state index contributed by atoms with van der Waals surface area (Å²) in [5.74, 6) is 0. The number of aliphatic hydroxyl groups is 2. The van der Waals surface area contributed by atoms with E-state index in [0.717, 1.165) is 47.4 Å². The van der Waals surface area contributed by atoms with E-state index in [1.165, 1.54) is 17.0 Å². The van der Waals surface area contributed by atoms with Crippen molar-refractivity contribution in [3.8, 4) is 16.5 Å². The van der Waals surface area contributed by atoms with Crippen LogP contribution < -0.4 is 9.62 Å². The number of hydrogen-bond donors (Lipinski definition) is 3. The van der Waals surface area contributed by atoms with E-state index in [1.54, 1.807) is 6.92 Å². The monoisotopic (exact) mass is 582 g/mol. The van der Waals surface area contributed by atoms with Crippen molar-refractivity contribution in [2.45, 2.75) is 31.7 Å². The van der Waals surface area contributed by atoms with Gasteiger partial charge in [0.2, 0.25) is 0 Å². The zero-order valence-corrected chi connectivity index (χ0v) is 24.2. The summed E-state index contributed by atoms with van der Waals surface area (Å²) in [6.07, 6.45) is -2.79. The highest BCUT2D eigenvalue weighted by atomic mass is 32.2. The molecule has 0 amide bonds. The van der Waals surface area contributed by atoms with Gasteiger partial charge in [-0.1, -0.05) is 18.2 Å². The molecule has 3 atom stereocenters. The molecule has 0 bridgehead atoms. The molecule has 2 fully saturated rings. The highest BCUT2D eigenvalue weighted by molar-refractivity contribution is 7.93. The van der Waals surface area contributed by atoms with Crippen molar-refractivity contribution in [2.75, 3.05) is 51.3 Å². The molecule has 3 aromatic rings. The third-order valence-electron chi connectivity index (χ3n) is 7.66. The number of benzene rings is 2. The maximum Gasteiger partial charge on any atom is 0.251 e. The molecule has 0 saturated carbocycles. The van der Waals surface area contributed by atoms with Crippen LogP contribution >= 0.6 is 11.3 Å². The molecule has 2 saturated heterocycles. The highest BCUT2D eigenvalue weighted by Gasteiger charge is 2.33. The van der Waals surface area contributed by atoms with Gasteiger partial charge in [-0.15, -0.1) is 11.3 Å². The van der Waals surface area contributed by atoms with Crippen molar-refractivity contribution < 1.29 is 23.4 Å². The van der Waals surface area contributed by atoms with Crippen molar-refractivity contribution in [2.24, 2.45) is 0 Å². The van der Waals surface area contributed by atoms with Crippen molar-refractivity contribution in [3.63, 3.8) is 0 Å². The van der Waals surface area contributed by atoms with E-state index < -0.39 is 28.3 Å². The van der Waals surface area contributed by atoms with E-state index in [4.69, 9.17) is 4.74 Å². The van der Waals surface area contributed by atoms with Gasteiger partial charge in [-0.2, -0.15) is 5.26 Å². The van der Waals surface area contributed by atoms with Crippen molar-refractivity contribution in [3.05, 3.63) is 58.3 Å². The first kappa shape index (κ1) is 28.7. The van der Waals surface area contributed by atoms with Gasteiger partial charge in [-0.3, -0.25) is 0 Å². The number of nitrogens with one attached hydrogen (secondary N) is 1. The molecule has 2 aliphatic heterocycles. The van der Waals surface area contributed by atoms with Crippen LogP contribution in [0.5, 0.6) is 0 Å². The lowest BCUT2D eigenvalue weighted by molar-refractivity contribution is -0.131. The second-order valence-electron chi connectivity index (χ2n) is 10.4. The minimum Gasteiger partial charge on any atom is -0.390 e. The van der Waals surface area contributed by atoms with Gasteiger partial charge in [0.15, 0.2) is 4.91 Å². The molecule has 0 radical (unpaired) electrons. The largest absolute Gasteiger partial charge is 0.390 e. The fourth-order valence-electron chi connectivity index (χ4n) is 5.10. The molecule has 0 aliphatic carbocycles. The summed E-state index contributed by atoms with van der Waals surface area (Å²) < 4.78 is 33.8. The number of nitrogens with zero attached hydrogens (tertiary/aromatic N) is 3. The van der Waals surface area contributed by atoms with E-state index in [0.29, 0.717) is 10.5 Å². The zero-order valence-electron chi connectivity index (χ0n) is 22.6. The third kappa shape index (κ3) is 6.09. The second kappa shape index (κ2) is 12.0. The predicted octanol–water partition coefficient (Wildman–Crippen LogP) is 3.00. The zero-order chi connectivity index (χ0) is 28.4. The van der Waals surface area contributed by atoms with Crippen LogP contribution in [0.25, 0.3) is 26.8 Å². The van der Waals surface area contributed by atoms with Gasteiger partial charge >= 0.3 is 0 Å². The molecule has 9 nitrogen and oxygen atoms in total. The lowest BCUT2D eigenvalue weighted by atomic mass is 10.0. The summed E-state index contributed by atoms with van der Waals surface area (Å²) in [6.45, 7) is 5.72. The molecule has 5 rings (SSSR count). The Balaban J connectivity index is 1.33. The first-order chi connectivity index (χ1) is 19.2. The Kier molecular flexibility index (Phi) is 8.58. The summed E-state index contributed by atoms with van der Waals surface area (Å²) in [7, 11) is -2.02. The summed E-state index contributed by atoms with van der Waals surface area (Å²) in [5, 5.41) is 32.0. The van der Waals surface area contributed by atoms with E-state index in [1.807, 2.05) is 18.2 Å². The number of aliphatic hydroxyl groups excluding tert-OH is 2. The molecule has 0 unspecified atom stereocenters. The van der Waals surface area contributed by atoms with Gasteiger partial charge in [0.05, 0.1) is 12.2 Å². The third-order valence-corrected chi connectivity index (χ3v) is 10.4. The number of fused-ring (bicyclic) bond motifs is 1. The first-order valence-corrected chi connectivity index (χ1v) is 15.6. The fraction of sp³-hybridized carbons (Fsp3) is 0.414. The average Bonchev–Trinajstić information content (AvgIpc) is 3.44. The smallest absolute Gasteiger partial charge is 0.251 e. The van der Waals surface area contributed by atoms with Gasteiger partial charge in [0, 0.05) is 54.8 Å². The number of piperazine rings is 1. The Morgan fingerprint density at radius 1 is 1.10 bits per heavy atom. The quantitative estimate of drug-likeness (QED) is 0.363. The van der Waals surface area contributed by atoms with Crippen molar-refractivity contribution >= 4 is 43.4 Å². The molecule has 2 aromatic carbocycles. The van der Waals surface area contributed by atoms with Gasteiger partial charge in [0.1, 0.15) is 12.2 Å². The molecule has 40 heavy (non-hydrogen) atoms. The van der Waals surface area contributed by atoms with E-state index in [9.17, 15) is 23.9 Å². The van der Waals surface area contributed by atoms with Gasteiger partial charge < -0.3 is 24.7 Å². The van der Waals surface area contributed by atoms with Gasteiger partial charge in [-0.05, 0) is 72.6 Å². The Morgan fingerprint density at radius 2 is 1.82 bits per heavy atom. The number of hydrogen-bond acceptors (Lipinski definition) is 9. The highest BCUT2D eigenvalue weighted by Crippen LogP contribution is 2.35. The van der Waals surface area contributed by atoms with E-state index in [-0.39, 0.29) is 24.5 Å². The number of likely N-dealkylation sites (N-methyl/N-ethyl adjacent to an activating group) is 1. The molecular weight excluding hydrogens is 548 g/mol. The number of anilines is 1. The fourth-order valence-corrected chi connectivity index (χ4v) is 7.34. The van der Waals surface area contributed by atoms with Crippen LogP contribution in [0.4, 0.5) is 5.69 Å². The van der Waals surface area contributed by atoms with Crippen LogP contribution in [0.3, 0.4) is 0 Å². The summed E-state index contributed by atoms with van der Waals surface area (Å²) in [4.78, 5) is 6.01. The van der Waals surface area contributed by atoms with E-state index >= 15 is 0 Å². The average molecular weight is 583 g/mol. The lowest BCUT2D eigenvalue weighted by Gasteiger charge is -2.34. The number of nitriles is 1. The number of rotatable bonds is 7. The van der Waals surface area contributed by atoms with E-state index in [2.05, 4.69) is 58.0 Å². The van der Waals surface area contributed by atoms with Crippen LogP contribution in [0.2, 0.25) is 0 Å². The molecule has 3 N–H and O–H groups in total. The van der Waals surface area contributed by atoms with Gasteiger partial charge in [0.25, 0.3) is 10.0 Å². The van der Waals surface area contributed by atoms with Crippen LogP contribution in [-0.2, 0) is 14.8 Å². The van der Waals surface area contributed by atoms with Crippen LogP contribution in [0.1, 0.15) is 18.2 Å². The normalized spacial score (nSPS) is 23.2. The van der Waals surface area contributed by atoms with Crippen LogP contribution in [-0.4, -0.2) is 88.2 Å². The SMILES string of the molecule is C/C(=C(/C#N)S(=O)(=O)NC[C@H]1OCC[C@@H](O)[C@@H]1O)c1ccc(-c2ccc3cc(N4CCN(C)CC4)ccc3c2)s1. The number of allylic oxidation sites excluding steroid dienone is 2. The maximum atomic E-state index is 13.0. The lowest BCUT2D eigenvalue weighted by Crippen LogP contribution is -2.49. The van der Waals surface area contributed by atoms with Crippen LogP contribution in [0, 0.1) is 11.3 Å². The van der Waals surface area contributed by atoms with Crippen molar-refractivity contribution in [1.82, 2.24) is 9.62 Å². The molecule has 1 aromatic heterocycles. The van der Waals surface area contributed by atoms with Crippen molar-refractivity contribution in [1.29, 1.82) is 5.26 Å². The van der Waals surface area contributed by atoms with Crippen LogP contribution in [0.15, 0.2) is 53.4 Å². The molecular formula is C29H34N4O5S2. The predicted molar refractivity (Wildman–Crippen MR) is 158 cm³/mol. The first-order valence-electron chi connectivity index (χ1n) is 13.3. The Hall–Kier alpha value is -2.82. The molecule has 3 heterocycles. The Labute approximate surface area is 239 Å². The summed E-state index contributed by atoms with van der Waals surface area (Å²) >= 11 is 1.42. The standard InChI is InChI=1S/C29H34N4O5S2/c1-19(28(17-30)40(36,37)31-18-25-29(35)24(34)9-14-38-25)26-7-8-27(39-26)22-4-3-21-16-23(6-5-20(21)15-22)33-12-10-32(2)11-13-33/h3-8,15-16,24-25,29,31,34-35H,9-14,18H2,1-2H3/b28-19+/t24-,25-,29+/m1/s1. The molecule has 0 spiro atoms. The molecule has 2 aliphatic rings. The summed E-state index contributed by atoms with van der Waals surface area (Å²) in [6, 6.07) is 18.4. The molecule has 11 heteroatoms. The summed E-state index contributed by atoms with van der Waals surface area (Å²) in [5.41, 5.74) is 2.59. The minimum atomic E-state index is -4.17. The Morgan fingerprint density at radius 3 is 2.58 bits per heavy atom. The topological polar surface area (TPSA) is 126 Å².